The highest BCUT2D eigenvalue weighted by Crippen LogP contribution is 2.09. The molecule has 0 heterocycles. The summed E-state index contributed by atoms with van der Waals surface area (Å²) in [4.78, 5) is 0. The lowest BCUT2D eigenvalue weighted by molar-refractivity contribution is 0.748. The van der Waals surface area contributed by atoms with Crippen molar-refractivity contribution in [1.29, 1.82) is 0 Å². The molecule has 0 unspecified atom stereocenters. The molecule has 2 nitrogen and oxygen atoms in total. The van der Waals surface area contributed by atoms with Crippen molar-refractivity contribution >= 4 is 12.4 Å². The van der Waals surface area contributed by atoms with Gasteiger partial charge in [-0.25, -0.2) is 0 Å². The largest absolute Gasteiger partial charge is 0.159 e. The van der Waals surface area contributed by atoms with Gasteiger partial charge in [0, 0.05) is 0 Å². The predicted molar refractivity (Wildman–Crippen MR) is 124 cm³/mol. The first-order valence-corrected chi connectivity index (χ1v) is 10.3. The van der Waals surface area contributed by atoms with Crippen LogP contribution in [-0.4, -0.2) is 12.4 Å². The summed E-state index contributed by atoms with van der Waals surface area (Å²) in [6, 6.07) is 17.1. The molecular weight excluding hydrogens is 340 g/mol. The minimum atomic E-state index is 1.07. The molecule has 146 valence electrons. The van der Waals surface area contributed by atoms with Crippen LogP contribution >= 0.6 is 0 Å². The van der Waals surface area contributed by atoms with E-state index in [0.717, 1.165) is 36.8 Å². The molecule has 2 aromatic carbocycles. The Morgan fingerprint density at radius 3 is 1.32 bits per heavy atom. The third kappa shape index (κ3) is 8.77. The van der Waals surface area contributed by atoms with E-state index in [4.69, 9.17) is 0 Å². The first-order valence-electron chi connectivity index (χ1n) is 10.3. The van der Waals surface area contributed by atoms with Crippen molar-refractivity contribution in [3.8, 4) is 0 Å². The van der Waals surface area contributed by atoms with E-state index in [2.05, 4.69) is 71.9 Å². The lowest BCUT2D eigenvalue weighted by atomic mass is 10.1. The standard InChI is InChI=1S/C26H32N2/c1-3-5-7-9-11-23-13-17-25(18-14-23)21-27-28-22-26-19-15-24(16-20-26)12-10-8-6-4-2/h3-4,13-22H,1-2,5-12H2/b27-21+,28-22+. The number of unbranched alkanes of at least 4 members (excludes halogenated alkanes) is 4. The molecule has 28 heavy (non-hydrogen) atoms. The summed E-state index contributed by atoms with van der Waals surface area (Å²) in [6.07, 6.45) is 16.8. The molecule has 0 radical (unpaired) electrons. The summed E-state index contributed by atoms with van der Waals surface area (Å²) < 4.78 is 0. The lowest BCUT2D eigenvalue weighted by Gasteiger charge is -2.01. The second-order valence-electron chi connectivity index (χ2n) is 7.04. The third-order valence-electron chi connectivity index (χ3n) is 4.69. The molecular formula is C26H32N2. The molecule has 2 aromatic rings. The smallest absolute Gasteiger partial charge is 0.0568 e. The normalized spacial score (nSPS) is 11.3. The topological polar surface area (TPSA) is 24.7 Å². The zero-order chi connectivity index (χ0) is 19.9. The van der Waals surface area contributed by atoms with Crippen molar-refractivity contribution in [2.24, 2.45) is 10.2 Å². The van der Waals surface area contributed by atoms with E-state index in [1.54, 1.807) is 12.4 Å². The van der Waals surface area contributed by atoms with Crippen LogP contribution in [0.5, 0.6) is 0 Å². The molecule has 0 bridgehead atoms. The van der Waals surface area contributed by atoms with E-state index in [9.17, 15) is 0 Å². The van der Waals surface area contributed by atoms with Crippen LogP contribution in [0.4, 0.5) is 0 Å². The SMILES string of the molecule is C=CCCCCc1ccc(/C=N/N=C/c2ccc(CCCCC=C)cc2)cc1. The molecule has 0 spiro atoms. The zero-order valence-corrected chi connectivity index (χ0v) is 16.9. The molecule has 0 aliphatic rings. The Hall–Kier alpha value is -2.74. The van der Waals surface area contributed by atoms with Gasteiger partial charge < -0.3 is 0 Å². The Morgan fingerprint density at radius 1 is 0.571 bits per heavy atom. The van der Waals surface area contributed by atoms with Crippen molar-refractivity contribution in [3.05, 3.63) is 96.1 Å². The summed E-state index contributed by atoms with van der Waals surface area (Å²) in [5.41, 5.74) is 4.88. The van der Waals surface area contributed by atoms with Crippen molar-refractivity contribution in [1.82, 2.24) is 0 Å². The second kappa shape index (κ2) is 13.4. The number of rotatable bonds is 13. The van der Waals surface area contributed by atoms with Gasteiger partial charge in [-0.2, -0.15) is 10.2 Å². The molecule has 0 aromatic heterocycles. The molecule has 0 saturated heterocycles. The Bertz CT molecular complexity index is 685. The second-order valence-corrected chi connectivity index (χ2v) is 7.04. The van der Waals surface area contributed by atoms with Gasteiger partial charge in [0.1, 0.15) is 0 Å². The van der Waals surface area contributed by atoms with Gasteiger partial charge in [-0.1, -0.05) is 60.7 Å². The van der Waals surface area contributed by atoms with Crippen LogP contribution in [-0.2, 0) is 12.8 Å². The summed E-state index contributed by atoms with van der Waals surface area (Å²) in [5.74, 6) is 0. The van der Waals surface area contributed by atoms with Crippen LogP contribution < -0.4 is 0 Å². The van der Waals surface area contributed by atoms with Gasteiger partial charge in [-0.15, -0.1) is 13.2 Å². The average molecular weight is 373 g/mol. The maximum atomic E-state index is 4.17. The fourth-order valence-electron chi connectivity index (χ4n) is 2.98. The van der Waals surface area contributed by atoms with Crippen molar-refractivity contribution < 1.29 is 0 Å². The lowest BCUT2D eigenvalue weighted by Crippen LogP contribution is -1.88. The Kier molecular flexibility index (Phi) is 10.3. The summed E-state index contributed by atoms with van der Waals surface area (Å²) in [5, 5.41) is 8.34. The van der Waals surface area contributed by atoms with Gasteiger partial charge >= 0.3 is 0 Å². The van der Waals surface area contributed by atoms with Crippen LogP contribution in [0.2, 0.25) is 0 Å². The van der Waals surface area contributed by atoms with Crippen LogP contribution in [0, 0.1) is 0 Å². The van der Waals surface area contributed by atoms with Crippen LogP contribution in [0.15, 0.2) is 84.0 Å². The minimum Gasteiger partial charge on any atom is -0.159 e. The Labute approximate surface area is 170 Å². The van der Waals surface area contributed by atoms with Crippen LogP contribution in [0.3, 0.4) is 0 Å². The predicted octanol–water partition coefficient (Wildman–Crippen LogP) is 6.94. The number of hydrogen-bond donors (Lipinski definition) is 0. The van der Waals surface area contributed by atoms with E-state index in [0.29, 0.717) is 0 Å². The van der Waals surface area contributed by atoms with E-state index in [1.807, 2.05) is 12.2 Å². The molecule has 0 amide bonds. The molecule has 0 aliphatic carbocycles. The van der Waals surface area contributed by atoms with Gasteiger partial charge in [-0.3, -0.25) is 0 Å². The molecule has 0 N–H and O–H groups in total. The summed E-state index contributed by atoms with van der Waals surface area (Å²) in [7, 11) is 0. The first-order chi connectivity index (χ1) is 13.8. The van der Waals surface area contributed by atoms with Gasteiger partial charge in [0.25, 0.3) is 0 Å². The first kappa shape index (κ1) is 21.6. The van der Waals surface area contributed by atoms with Crippen molar-refractivity contribution in [2.75, 3.05) is 0 Å². The number of benzene rings is 2. The highest BCUT2D eigenvalue weighted by molar-refractivity contribution is 5.82. The molecule has 0 atom stereocenters. The quantitative estimate of drug-likeness (QED) is 0.157. The fraction of sp³-hybridized carbons (Fsp3) is 0.308. The summed E-state index contributed by atoms with van der Waals surface area (Å²) >= 11 is 0. The van der Waals surface area contributed by atoms with E-state index >= 15 is 0 Å². The number of hydrogen-bond acceptors (Lipinski definition) is 2. The monoisotopic (exact) mass is 372 g/mol. The average Bonchev–Trinajstić information content (AvgIpc) is 2.74. The Balaban J connectivity index is 1.76. The van der Waals surface area contributed by atoms with Crippen LogP contribution in [0.1, 0.15) is 60.8 Å². The highest BCUT2D eigenvalue weighted by Gasteiger charge is 1.95. The number of nitrogens with zero attached hydrogens (tertiary/aromatic N) is 2. The summed E-state index contributed by atoms with van der Waals surface area (Å²) in [6.45, 7) is 7.53. The van der Waals surface area contributed by atoms with Crippen molar-refractivity contribution in [2.45, 2.75) is 51.4 Å². The molecule has 0 fully saturated rings. The van der Waals surface area contributed by atoms with Gasteiger partial charge in [0.15, 0.2) is 0 Å². The number of aryl methyl sites for hydroxylation is 2. The Morgan fingerprint density at radius 2 is 0.964 bits per heavy atom. The van der Waals surface area contributed by atoms with E-state index in [1.165, 1.54) is 36.8 Å². The minimum absolute atomic E-state index is 1.07. The zero-order valence-electron chi connectivity index (χ0n) is 16.9. The van der Waals surface area contributed by atoms with Gasteiger partial charge in [0.2, 0.25) is 0 Å². The molecule has 2 heteroatoms. The maximum Gasteiger partial charge on any atom is 0.0568 e. The van der Waals surface area contributed by atoms with Gasteiger partial charge in [-0.05, 0) is 73.6 Å². The van der Waals surface area contributed by atoms with E-state index < -0.39 is 0 Å². The third-order valence-corrected chi connectivity index (χ3v) is 4.69. The highest BCUT2D eigenvalue weighted by atomic mass is 15.2. The van der Waals surface area contributed by atoms with Gasteiger partial charge in [0.05, 0.1) is 12.4 Å². The van der Waals surface area contributed by atoms with E-state index in [-0.39, 0.29) is 0 Å². The maximum absolute atomic E-state index is 4.17. The van der Waals surface area contributed by atoms with Crippen molar-refractivity contribution in [3.63, 3.8) is 0 Å². The van der Waals surface area contributed by atoms with Crippen LogP contribution in [0.25, 0.3) is 0 Å². The molecule has 2 rings (SSSR count). The number of allylic oxidation sites excluding steroid dienone is 2. The molecule has 0 saturated carbocycles. The molecule has 0 aliphatic heterocycles. The fourth-order valence-corrected chi connectivity index (χ4v) is 2.98.